The van der Waals surface area contributed by atoms with Crippen molar-refractivity contribution in [3.63, 3.8) is 0 Å². The lowest BCUT2D eigenvalue weighted by molar-refractivity contribution is 0.149. The third kappa shape index (κ3) is 3.91. The highest BCUT2D eigenvalue weighted by Crippen LogP contribution is 2.17. The second-order valence-electron chi connectivity index (χ2n) is 3.51. The Morgan fingerprint density at radius 2 is 2.33 bits per heavy atom. The van der Waals surface area contributed by atoms with Gasteiger partial charge in [-0.05, 0) is 37.7 Å². The Morgan fingerprint density at radius 3 is 3.00 bits per heavy atom. The van der Waals surface area contributed by atoms with Gasteiger partial charge in [-0.1, -0.05) is 19.4 Å². The number of unbranched alkanes of at least 4 members (excludes halogenated alkanes) is 1. The Labute approximate surface area is 75.8 Å². The van der Waals surface area contributed by atoms with E-state index in [4.69, 9.17) is 4.74 Å². The van der Waals surface area contributed by atoms with Gasteiger partial charge in [-0.25, -0.2) is 0 Å². The van der Waals surface area contributed by atoms with Crippen LogP contribution in [0.3, 0.4) is 0 Å². The van der Waals surface area contributed by atoms with Crippen LogP contribution in [0.4, 0.5) is 0 Å². The SMILES string of the molecule is CCCCOCC1=CCCCC1. The molecule has 0 bridgehead atoms. The zero-order chi connectivity index (χ0) is 8.65. The molecule has 0 atom stereocenters. The molecule has 0 amide bonds. The van der Waals surface area contributed by atoms with Gasteiger partial charge in [0.25, 0.3) is 0 Å². The molecule has 0 fully saturated rings. The van der Waals surface area contributed by atoms with Crippen LogP contribution in [0.1, 0.15) is 45.4 Å². The average Bonchev–Trinajstić information content (AvgIpc) is 2.14. The fourth-order valence-electron chi connectivity index (χ4n) is 1.49. The van der Waals surface area contributed by atoms with Crippen molar-refractivity contribution < 1.29 is 4.74 Å². The van der Waals surface area contributed by atoms with Gasteiger partial charge >= 0.3 is 0 Å². The first-order chi connectivity index (χ1) is 5.93. The first-order valence-electron chi connectivity index (χ1n) is 5.19. The summed E-state index contributed by atoms with van der Waals surface area (Å²) in [5, 5.41) is 0. The van der Waals surface area contributed by atoms with Crippen molar-refractivity contribution in [2.45, 2.75) is 45.4 Å². The summed E-state index contributed by atoms with van der Waals surface area (Å²) in [6.45, 7) is 4.02. The zero-order valence-corrected chi connectivity index (χ0v) is 8.14. The van der Waals surface area contributed by atoms with E-state index < -0.39 is 0 Å². The fraction of sp³-hybridized carbons (Fsp3) is 0.818. The second-order valence-corrected chi connectivity index (χ2v) is 3.51. The molecule has 0 aliphatic heterocycles. The second kappa shape index (κ2) is 6.24. The molecular formula is C11H20O. The summed E-state index contributed by atoms with van der Waals surface area (Å²) >= 11 is 0. The van der Waals surface area contributed by atoms with Gasteiger partial charge < -0.3 is 4.74 Å². The Balaban J connectivity index is 2.01. The van der Waals surface area contributed by atoms with E-state index in [1.165, 1.54) is 44.1 Å². The van der Waals surface area contributed by atoms with Crippen molar-refractivity contribution in [3.8, 4) is 0 Å². The van der Waals surface area contributed by atoms with Crippen molar-refractivity contribution in [1.82, 2.24) is 0 Å². The van der Waals surface area contributed by atoms with Gasteiger partial charge in [0.1, 0.15) is 0 Å². The lowest BCUT2D eigenvalue weighted by Gasteiger charge is -2.12. The zero-order valence-electron chi connectivity index (χ0n) is 8.14. The van der Waals surface area contributed by atoms with Gasteiger partial charge in [-0.15, -0.1) is 0 Å². The van der Waals surface area contributed by atoms with E-state index in [0.717, 1.165) is 13.2 Å². The minimum atomic E-state index is 0.889. The molecule has 0 N–H and O–H groups in total. The third-order valence-electron chi connectivity index (χ3n) is 2.31. The van der Waals surface area contributed by atoms with Gasteiger partial charge in [0, 0.05) is 6.61 Å². The van der Waals surface area contributed by atoms with Crippen LogP contribution in [0.25, 0.3) is 0 Å². The quantitative estimate of drug-likeness (QED) is 0.452. The summed E-state index contributed by atoms with van der Waals surface area (Å²) in [6, 6.07) is 0. The van der Waals surface area contributed by atoms with Crippen LogP contribution in [0.15, 0.2) is 11.6 Å². The molecule has 1 aliphatic rings. The first-order valence-corrected chi connectivity index (χ1v) is 5.19. The summed E-state index contributed by atoms with van der Waals surface area (Å²) < 4.78 is 5.55. The first kappa shape index (κ1) is 9.79. The van der Waals surface area contributed by atoms with Crippen molar-refractivity contribution in [1.29, 1.82) is 0 Å². The Bertz CT molecular complexity index is 138. The van der Waals surface area contributed by atoms with Crippen LogP contribution in [-0.4, -0.2) is 13.2 Å². The van der Waals surface area contributed by atoms with E-state index in [0.29, 0.717) is 0 Å². The van der Waals surface area contributed by atoms with Crippen LogP contribution in [0.2, 0.25) is 0 Å². The van der Waals surface area contributed by atoms with Crippen LogP contribution in [0.5, 0.6) is 0 Å². The van der Waals surface area contributed by atoms with Gasteiger partial charge in [-0.2, -0.15) is 0 Å². The topological polar surface area (TPSA) is 9.23 Å². The average molecular weight is 168 g/mol. The number of allylic oxidation sites excluding steroid dienone is 1. The molecule has 0 saturated carbocycles. The smallest absolute Gasteiger partial charge is 0.0676 e. The molecule has 0 saturated heterocycles. The van der Waals surface area contributed by atoms with Crippen molar-refractivity contribution >= 4 is 0 Å². The van der Waals surface area contributed by atoms with Crippen molar-refractivity contribution in [2.75, 3.05) is 13.2 Å². The summed E-state index contributed by atoms with van der Waals surface area (Å²) in [5.41, 5.74) is 1.53. The minimum Gasteiger partial charge on any atom is -0.377 e. The molecule has 12 heavy (non-hydrogen) atoms. The number of hydrogen-bond donors (Lipinski definition) is 0. The molecule has 0 spiro atoms. The highest BCUT2D eigenvalue weighted by Gasteiger charge is 2.02. The third-order valence-corrected chi connectivity index (χ3v) is 2.31. The van der Waals surface area contributed by atoms with Gasteiger partial charge in [0.15, 0.2) is 0 Å². The van der Waals surface area contributed by atoms with Gasteiger partial charge in [0.2, 0.25) is 0 Å². The van der Waals surface area contributed by atoms with E-state index in [1.807, 2.05) is 0 Å². The Morgan fingerprint density at radius 1 is 1.42 bits per heavy atom. The van der Waals surface area contributed by atoms with E-state index >= 15 is 0 Å². The van der Waals surface area contributed by atoms with Crippen LogP contribution in [0, 0.1) is 0 Å². The summed E-state index contributed by atoms with van der Waals surface area (Å²) in [4.78, 5) is 0. The maximum atomic E-state index is 5.55. The molecule has 70 valence electrons. The van der Waals surface area contributed by atoms with E-state index in [2.05, 4.69) is 13.0 Å². The summed E-state index contributed by atoms with van der Waals surface area (Å²) in [5.74, 6) is 0. The maximum absolute atomic E-state index is 5.55. The lowest BCUT2D eigenvalue weighted by Crippen LogP contribution is -2.02. The Hall–Kier alpha value is -0.300. The number of hydrogen-bond acceptors (Lipinski definition) is 1. The lowest BCUT2D eigenvalue weighted by atomic mass is 10.0. The molecule has 0 aromatic rings. The molecule has 1 nitrogen and oxygen atoms in total. The molecule has 0 aromatic heterocycles. The highest BCUT2D eigenvalue weighted by atomic mass is 16.5. The molecule has 0 unspecified atom stereocenters. The van der Waals surface area contributed by atoms with E-state index in [-0.39, 0.29) is 0 Å². The monoisotopic (exact) mass is 168 g/mol. The molecule has 0 radical (unpaired) electrons. The fourth-order valence-corrected chi connectivity index (χ4v) is 1.49. The molecular weight excluding hydrogens is 148 g/mol. The molecule has 1 aliphatic carbocycles. The van der Waals surface area contributed by atoms with Crippen LogP contribution < -0.4 is 0 Å². The normalized spacial score (nSPS) is 17.6. The standard InChI is InChI=1S/C11H20O/c1-2-3-9-12-10-11-7-5-4-6-8-11/h7H,2-6,8-10H2,1H3. The van der Waals surface area contributed by atoms with E-state index in [9.17, 15) is 0 Å². The molecule has 1 rings (SSSR count). The largest absolute Gasteiger partial charge is 0.377 e. The number of rotatable bonds is 5. The maximum Gasteiger partial charge on any atom is 0.0676 e. The van der Waals surface area contributed by atoms with Gasteiger partial charge in [0.05, 0.1) is 6.61 Å². The van der Waals surface area contributed by atoms with Crippen LogP contribution >= 0.6 is 0 Å². The minimum absolute atomic E-state index is 0.889. The summed E-state index contributed by atoms with van der Waals surface area (Å²) in [7, 11) is 0. The van der Waals surface area contributed by atoms with Gasteiger partial charge in [-0.3, -0.25) is 0 Å². The van der Waals surface area contributed by atoms with Crippen molar-refractivity contribution in [3.05, 3.63) is 11.6 Å². The highest BCUT2D eigenvalue weighted by molar-refractivity contribution is 5.04. The predicted octanol–water partition coefficient (Wildman–Crippen LogP) is 3.30. The summed E-state index contributed by atoms with van der Waals surface area (Å²) in [6.07, 6.45) is 10.1. The van der Waals surface area contributed by atoms with Crippen molar-refractivity contribution in [2.24, 2.45) is 0 Å². The molecule has 1 heteroatoms. The Kier molecular flexibility index (Phi) is 5.09. The number of ether oxygens (including phenoxy) is 1. The predicted molar refractivity (Wildman–Crippen MR) is 52.3 cm³/mol. The van der Waals surface area contributed by atoms with Crippen LogP contribution in [-0.2, 0) is 4.74 Å². The molecule has 0 aromatic carbocycles. The molecule has 0 heterocycles. The van der Waals surface area contributed by atoms with E-state index in [1.54, 1.807) is 0 Å².